The number of aryl methyl sites for hydroxylation is 1. The van der Waals surface area contributed by atoms with Gasteiger partial charge in [-0.1, -0.05) is 72.8 Å². The largest absolute Gasteiger partial charge is 0.383 e. The molecule has 4 aromatic carbocycles. The van der Waals surface area contributed by atoms with Crippen LogP contribution in [0.3, 0.4) is 0 Å². The van der Waals surface area contributed by atoms with Crippen LogP contribution in [-0.2, 0) is 6.42 Å². The molecular weight excluding hydrogens is 456 g/mol. The Labute approximate surface area is 217 Å². The molecule has 5 heteroatoms. The van der Waals surface area contributed by atoms with Crippen molar-refractivity contribution in [2.75, 3.05) is 23.7 Å². The Kier molecular flexibility index (Phi) is 7.42. The van der Waals surface area contributed by atoms with Gasteiger partial charge in [-0.25, -0.2) is 0 Å². The average molecular weight is 487 g/mol. The van der Waals surface area contributed by atoms with Gasteiger partial charge in [-0.05, 0) is 60.9 Å². The number of hydrogen-bond donors (Lipinski definition) is 3. The molecule has 1 amide bonds. The van der Waals surface area contributed by atoms with Gasteiger partial charge in [-0.2, -0.15) is 0 Å². The molecule has 184 valence electrons. The van der Waals surface area contributed by atoms with Crippen LogP contribution in [0.4, 0.5) is 17.1 Å². The highest BCUT2D eigenvalue weighted by Crippen LogP contribution is 2.26. The van der Waals surface area contributed by atoms with Gasteiger partial charge in [0.15, 0.2) is 0 Å². The van der Waals surface area contributed by atoms with Crippen LogP contribution in [-0.4, -0.2) is 24.0 Å². The maximum atomic E-state index is 12.9. The second-order valence-electron chi connectivity index (χ2n) is 9.04. The van der Waals surface area contributed by atoms with Crippen molar-refractivity contribution in [3.05, 3.63) is 132 Å². The van der Waals surface area contributed by atoms with Gasteiger partial charge in [-0.15, -0.1) is 0 Å². The summed E-state index contributed by atoms with van der Waals surface area (Å²) < 4.78 is 0. The number of carbonyl (C=O) groups is 1. The van der Waals surface area contributed by atoms with Crippen LogP contribution < -0.4 is 16.0 Å². The molecule has 0 aliphatic rings. The fourth-order valence-electron chi connectivity index (χ4n) is 4.44. The molecule has 5 rings (SSSR count). The summed E-state index contributed by atoms with van der Waals surface area (Å²) in [7, 11) is 0. The van der Waals surface area contributed by atoms with Crippen molar-refractivity contribution in [2.24, 2.45) is 0 Å². The minimum absolute atomic E-state index is 0.0983. The van der Waals surface area contributed by atoms with Crippen LogP contribution in [0.15, 0.2) is 109 Å². The molecule has 0 saturated carbocycles. The third-order valence-electron chi connectivity index (χ3n) is 6.23. The number of nitrogens with zero attached hydrogens (tertiary/aromatic N) is 1. The highest BCUT2D eigenvalue weighted by Gasteiger charge is 2.09. The molecule has 1 heterocycles. The van der Waals surface area contributed by atoms with E-state index in [1.165, 1.54) is 11.1 Å². The second kappa shape index (κ2) is 11.4. The van der Waals surface area contributed by atoms with Gasteiger partial charge in [0, 0.05) is 46.8 Å². The fourth-order valence-corrected chi connectivity index (χ4v) is 4.44. The number of aromatic nitrogens is 1. The van der Waals surface area contributed by atoms with Crippen molar-refractivity contribution in [2.45, 2.75) is 13.3 Å². The zero-order valence-electron chi connectivity index (χ0n) is 20.9. The van der Waals surface area contributed by atoms with Crippen molar-refractivity contribution in [3.8, 4) is 0 Å². The lowest BCUT2D eigenvalue weighted by Gasteiger charge is -2.14. The lowest BCUT2D eigenvalue weighted by molar-refractivity contribution is 0.0955. The number of carbonyl (C=O) groups excluding carboxylic acids is 1. The van der Waals surface area contributed by atoms with Gasteiger partial charge in [0.05, 0.1) is 5.52 Å². The molecule has 0 radical (unpaired) electrons. The molecule has 0 aliphatic carbocycles. The SMILES string of the molecule is Cc1cc(Nc2cccc(C(=O)NCCNc3ccccc3Cc3ccccc3)c2)c2ccccc2n1. The van der Waals surface area contributed by atoms with Gasteiger partial charge < -0.3 is 16.0 Å². The maximum Gasteiger partial charge on any atom is 0.251 e. The Morgan fingerprint density at radius 1 is 0.757 bits per heavy atom. The maximum absolute atomic E-state index is 12.9. The van der Waals surface area contributed by atoms with E-state index in [0.717, 1.165) is 40.1 Å². The molecule has 0 unspecified atom stereocenters. The highest BCUT2D eigenvalue weighted by molar-refractivity contribution is 5.96. The number of benzene rings is 4. The number of amides is 1. The molecule has 0 saturated heterocycles. The number of fused-ring (bicyclic) bond motifs is 1. The molecule has 0 fully saturated rings. The van der Waals surface area contributed by atoms with Crippen LogP contribution in [0.2, 0.25) is 0 Å². The van der Waals surface area contributed by atoms with E-state index < -0.39 is 0 Å². The Morgan fingerprint density at radius 3 is 2.43 bits per heavy atom. The summed E-state index contributed by atoms with van der Waals surface area (Å²) in [6.45, 7) is 3.14. The molecule has 1 aromatic heterocycles. The van der Waals surface area contributed by atoms with Gasteiger partial charge in [-0.3, -0.25) is 9.78 Å². The van der Waals surface area contributed by atoms with Crippen LogP contribution in [0.25, 0.3) is 10.9 Å². The second-order valence-corrected chi connectivity index (χ2v) is 9.04. The summed E-state index contributed by atoms with van der Waals surface area (Å²) in [5.74, 6) is -0.0983. The normalized spacial score (nSPS) is 10.7. The number of anilines is 3. The first-order chi connectivity index (χ1) is 18.2. The van der Waals surface area contributed by atoms with Crippen molar-refractivity contribution in [1.82, 2.24) is 10.3 Å². The minimum Gasteiger partial charge on any atom is -0.383 e. The van der Waals surface area contributed by atoms with E-state index in [0.29, 0.717) is 18.7 Å². The predicted octanol–water partition coefficient (Wildman–Crippen LogP) is 6.72. The van der Waals surface area contributed by atoms with E-state index in [-0.39, 0.29) is 5.91 Å². The molecule has 5 aromatic rings. The van der Waals surface area contributed by atoms with Crippen molar-refractivity contribution in [3.63, 3.8) is 0 Å². The van der Waals surface area contributed by atoms with Crippen LogP contribution in [0.1, 0.15) is 27.2 Å². The molecule has 0 spiro atoms. The van der Waals surface area contributed by atoms with E-state index in [1.54, 1.807) is 0 Å². The molecule has 0 atom stereocenters. The molecule has 5 nitrogen and oxygen atoms in total. The van der Waals surface area contributed by atoms with E-state index >= 15 is 0 Å². The lowest BCUT2D eigenvalue weighted by Crippen LogP contribution is -2.28. The van der Waals surface area contributed by atoms with Gasteiger partial charge in [0.25, 0.3) is 5.91 Å². The van der Waals surface area contributed by atoms with E-state index in [1.807, 2.05) is 73.7 Å². The number of rotatable bonds is 9. The van der Waals surface area contributed by atoms with Crippen molar-refractivity contribution in [1.29, 1.82) is 0 Å². The Balaban J connectivity index is 1.19. The summed E-state index contributed by atoms with van der Waals surface area (Å²) in [5, 5.41) is 11.0. The standard InChI is InChI=1S/C32H30N4O/c1-23-20-31(28-15-6-8-17-30(28)35-23)36-27-14-9-13-26(22-27)32(37)34-19-18-33-29-16-7-5-12-25(29)21-24-10-3-2-4-11-24/h2-17,20,22,33H,18-19,21H2,1H3,(H,34,37)(H,35,36). The number of pyridine rings is 1. The number of para-hydroxylation sites is 2. The van der Waals surface area contributed by atoms with E-state index in [2.05, 4.69) is 63.4 Å². The van der Waals surface area contributed by atoms with Crippen LogP contribution in [0, 0.1) is 6.92 Å². The third kappa shape index (κ3) is 6.14. The molecule has 37 heavy (non-hydrogen) atoms. The highest BCUT2D eigenvalue weighted by atomic mass is 16.1. The first-order valence-electron chi connectivity index (χ1n) is 12.5. The van der Waals surface area contributed by atoms with Crippen LogP contribution in [0.5, 0.6) is 0 Å². The topological polar surface area (TPSA) is 66.1 Å². The number of nitrogens with one attached hydrogen (secondary N) is 3. The van der Waals surface area contributed by atoms with Crippen molar-refractivity contribution >= 4 is 33.9 Å². The average Bonchev–Trinajstić information content (AvgIpc) is 2.92. The van der Waals surface area contributed by atoms with E-state index in [9.17, 15) is 4.79 Å². The first kappa shape index (κ1) is 24.1. The smallest absolute Gasteiger partial charge is 0.251 e. The number of hydrogen-bond acceptors (Lipinski definition) is 4. The zero-order chi connectivity index (χ0) is 25.5. The Hall–Kier alpha value is -4.64. The van der Waals surface area contributed by atoms with Crippen molar-refractivity contribution < 1.29 is 4.79 Å². The van der Waals surface area contributed by atoms with Crippen LogP contribution >= 0.6 is 0 Å². The first-order valence-corrected chi connectivity index (χ1v) is 12.5. The molecule has 3 N–H and O–H groups in total. The monoisotopic (exact) mass is 486 g/mol. The Morgan fingerprint density at radius 2 is 1.54 bits per heavy atom. The minimum atomic E-state index is -0.0983. The summed E-state index contributed by atoms with van der Waals surface area (Å²) in [6, 6.07) is 36.4. The predicted molar refractivity (Wildman–Crippen MR) is 153 cm³/mol. The molecule has 0 aliphatic heterocycles. The Bertz CT molecular complexity index is 1510. The lowest BCUT2D eigenvalue weighted by atomic mass is 10.0. The zero-order valence-corrected chi connectivity index (χ0v) is 20.9. The van der Waals surface area contributed by atoms with Gasteiger partial charge >= 0.3 is 0 Å². The van der Waals surface area contributed by atoms with Gasteiger partial charge in [0.2, 0.25) is 0 Å². The fraction of sp³-hybridized carbons (Fsp3) is 0.125. The van der Waals surface area contributed by atoms with E-state index in [4.69, 9.17) is 0 Å². The summed E-state index contributed by atoms with van der Waals surface area (Å²) in [6.07, 6.45) is 0.864. The van der Waals surface area contributed by atoms with Gasteiger partial charge in [0.1, 0.15) is 0 Å². The molecular formula is C32H30N4O. The summed E-state index contributed by atoms with van der Waals surface area (Å²) in [4.78, 5) is 17.5. The summed E-state index contributed by atoms with van der Waals surface area (Å²) in [5.41, 5.74) is 7.92. The summed E-state index contributed by atoms with van der Waals surface area (Å²) >= 11 is 0. The molecule has 0 bridgehead atoms. The quantitative estimate of drug-likeness (QED) is 0.202. The third-order valence-corrected chi connectivity index (χ3v) is 6.23.